The molecule has 1 aromatic heterocycles. The highest BCUT2D eigenvalue weighted by atomic mass is 32.1. The molecule has 132 valence electrons. The minimum atomic E-state index is 0.108. The summed E-state index contributed by atoms with van der Waals surface area (Å²) in [6, 6.07) is 0.964. The summed E-state index contributed by atoms with van der Waals surface area (Å²) in [6.07, 6.45) is 4.63. The third-order valence-corrected chi connectivity index (χ3v) is 6.51. The van der Waals surface area contributed by atoms with E-state index in [0.717, 1.165) is 57.2 Å². The van der Waals surface area contributed by atoms with Gasteiger partial charge >= 0.3 is 0 Å². The molecule has 5 heterocycles. The van der Waals surface area contributed by atoms with Crippen LogP contribution >= 0.6 is 11.3 Å². The second-order valence-electron chi connectivity index (χ2n) is 7.14. The van der Waals surface area contributed by atoms with Crippen LogP contribution in [0.15, 0.2) is 5.38 Å². The van der Waals surface area contributed by atoms with E-state index in [9.17, 15) is 4.79 Å². The Kier molecular flexibility index (Phi) is 4.74. The molecule has 5 rings (SSSR count). The molecule has 4 aliphatic heterocycles. The predicted molar refractivity (Wildman–Crippen MR) is 94.6 cm³/mol. The van der Waals surface area contributed by atoms with Crippen molar-refractivity contribution in [3.63, 3.8) is 0 Å². The number of hydrogen-bond donors (Lipinski definition) is 1. The van der Waals surface area contributed by atoms with E-state index in [1.54, 1.807) is 0 Å². The van der Waals surface area contributed by atoms with Crippen molar-refractivity contribution in [1.29, 1.82) is 0 Å². The van der Waals surface area contributed by atoms with Crippen LogP contribution in [0.4, 0.5) is 5.13 Å². The Morgan fingerprint density at radius 3 is 2.79 bits per heavy atom. The fraction of sp³-hybridized carbons (Fsp3) is 0.765. The first-order chi connectivity index (χ1) is 11.7. The van der Waals surface area contributed by atoms with Crippen LogP contribution in [-0.2, 0) is 4.74 Å². The Hall–Kier alpha value is -1.18. The Balaban J connectivity index is 1.48. The third-order valence-electron chi connectivity index (χ3n) is 5.65. The standard InChI is InChI=1S/C17H26N4O2S/c1-18-17-19-15(11-24-17)16(22)21-9-12-2-3-14(21)10-20(8-12)13-4-6-23-7-5-13/h11-14H,2-10H2,1H3,(H,18,19)/t12-,14+/m1/s1. The van der Waals surface area contributed by atoms with E-state index in [0.29, 0.717) is 23.7 Å². The van der Waals surface area contributed by atoms with E-state index in [1.807, 2.05) is 12.4 Å². The van der Waals surface area contributed by atoms with E-state index in [1.165, 1.54) is 17.8 Å². The number of anilines is 1. The maximum Gasteiger partial charge on any atom is 0.273 e. The van der Waals surface area contributed by atoms with E-state index in [4.69, 9.17) is 4.74 Å². The van der Waals surface area contributed by atoms with Crippen molar-refractivity contribution >= 4 is 22.4 Å². The second kappa shape index (κ2) is 6.98. The lowest BCUT2D eigenvalue weighted by Crippen LogP contribution is -2.48. The molecule has 4 saturated heterocycles. The summed E-state index contributed by atoms with van der Waals surface area (Å²) in [5.74, 6) is 0.703. The zero-order valence-corrected chi connectivity index (χ0v) is 15.1. The summed E-state index contributed by atoms with van der Waals surface area (Å²) in [4.78, 5) is 22.1. The molecule has 2 bridgehead atoms. The molecular weight excluding hydrogens is 324 g/mol. The fourth-order valence-corrected chi connectivity index (χ4v) is 4.99. The van der Waals surface area contributed by atoms with E-state index in [2.05, 4.69) is 20.1 Å². The van der Waals surface area contributed by atoms with Gasteiger partial charge in [0.2, 0.25) is 0 Å². The summed E-state index contributed by atoms with van der Waals surface area (Å²) in [6.45, 7) is 4.78. The van der Waals surface area contributed by atoms with Gasteiger partial charge in [-0.25, -0.2) is 4.98 Å². The maximum atomic E-state index is 13.0. The molecule has 1 amide bonds. The van der Waals surface area contributed by atoms with Gasteiger partial charge in [-0.15, -0.1) is 11.3 Å². The topological polar surface area (TPSA) is 57.7 Å². The molecule has 7 heteroatoms. The van der Waals surface area contributed by atoms with E-state index >= 15 is 0 Å². The van der Waals surface area contributed by atoms with Crippen LogP contribution in [0.5, 0.6) is 0 Å². The van der Waals surface area contributed by atoms with Crippen LogP contribution in [-0.4, -0.2) is 72.7 Å². The number of amides is 1. The first-order valence-corrected chi connectivity index (χ1v) is 9.88. The zero-order chi connectivity index (χ0) is 16.5. The van der Waals surface area contributed by atoms with Crippen LogP contribution in [0, 0.1) is 5.92 Å². The third kappa shape index (κ3) is 3.17. The van der Waals surface area contributed by atoms with Gasteiger partial charge in [0.1, 0.15) is 5.69 Å². The van der Waals surface area contributed by atoms with Gasteiger partial charge in [0.25, 0.3) is 5.91 Å². The van der Waals surface area contributed by atoms with Gasteiger partial charge in [-0.1, -0.05) is 0 Å². The van der Waals surface area contributed by atoms with Crippen LogP contribution in [0.25, 0.3) is 0 Å². The zero-order valence-electron chi connectivity index (χ0n) is 14.2. The lowest BCUT2D eigenvalue weighted by atomic mass is 9.94. The van der Waals surface area contributed by atoms with Crippen molar-refractivity contribution < 1.29 is 9.53 Å². The molecule has 2 atom stereocenters. The van der Waals surface area contributed by atoms with Crippen molar-refractivity contribution in [2.24, 2.45) is 5.92 Å². The summed E-state index contributed by atoms with van der Waals surface area (Å²) in [5, 5.41) is 5.70. The van der Waals surface area contributed by atoms with Crippen LogP contribution < -0.4 is 5.32 Å². The monoisotopic (exact) mass is 350 g/mol. The summed E-state index contributed by atoms with van der Waals surface area (Å²) < 4.78 is 5.52. The van der Waals surface area contributed by atoms with Gasteiger partial charge in [0.15, 0.2) is 5.13 Å². The Morgan fingerprint density at radius 2 is 2.04 bits per heavy atom. The molecule has 4 fully saturated rings. The molecule has 0 radical (unpaired) electrons. The van der Waals surface area contributed by atoms with Gasteiger partial charge in [0.05, 0.1) is 0 Å². The normalized spacial score (nSPS) is 28.8. The average molecular weight is 350 g/mol. The molecule has 1 aromatic rings. The molecule has 1 N–H and O–H groups in total. The molecule has 24 heavy (non-hydrogen) atoms. The number of hydrogen-bond acceptors (Lipinski definition) is 6. The van der Waals surface area contributed by atoms with Gasteiger partial charge in [-0.3, -0.25) is 9.69 Å². The van der Waals surface area contributed by atoms with Crippen LogP contribution in [0.1, 0.15) is 36.2 Å². The molecule has 4 aliphatic rings. The Labute approximate surface area is 147 Å². The van der Waals surface area contributed by atoms with Crippen molar-refractivity contribution in [3.8, 4) is 0 Å². The Morgan fingerprint density at radius 1 is 1.21 bits per heavy atom. The molecule has 0 aliphatic carbocycles. The SMILES string of the molecule is CNc1nc(C(=O)N2C[C@@H]3CC[C@H]2CN(C2CCOCC2)C3)cs1. The minimum absolute atomic E-state index is 0.108. The largest absolute Gasteiger partial charge is 0.381 e. The second-order valence-corrected chi connectivity index (χ2v) is 8.00. The smallest absolute Gasteiger partial charge is 0.273 e. The molecular formula is C17H26N4O2S. The number of carbonyl (C=O) groups excluding carboxylic acids is 1. The number of fused-ring (bicyclic) bond motifs is 4. The van der Waals surface area contributed by atoms with Crippen LogP contribution in [0.2, 0.25) is 0 Å². The summed E-state index contributed by atoms with van der Waals surface area (Å²) in [5.41, 5.74) is 0.592. The van der Waals surface area contributed by atoms with Crippen molar-refractivity contribution in [3.05, 3.63) is 11.1 Å². The van der Waals surface area contributed by atoms with Gasteiger partial charge in [-0.2, -0.15) is 0 Å². The van der Waals surface area contributed by atoms with Crippen molar-refractivity contribution in [2.75, 3.05) is 45.2 Å². The summed E-state index contributed by atoms with van der Waals surface area (Å²) in [7, 11) is 1.84. The maximum absolute atomic E-state index is 13.0. The number of piperidine rings is 1. The van der Waals surface area contributed by atoms with Gasteiger partial charge in [0, 0.05) is 57.4 Å². The minimum Gasteiger partial charge on any atom is -0.381 e. The van der Waals surface area contributed by atoms with Gasteiger partial charge in [-0.05, 0) is 31.6 Å². The highest BCUT2D eigenvalue weighted by Crippen LogP contribution is 2.32. The molecule has 0 spiro atoms. The number of carbonyl (C=O) groups is 1. The number of aromatic nitrogens is 1. The summed E-state index contributed by atoms with van der Waals surface area (Å²) >= 11 is 1.50. The lowest BCUT2D eigenvalue weighted by Gasteiger charge is -2.36. The molecule has 0 aromatic carbocycles. The Bertz CT molecular complexity index is 587. The predicted octanol–water partition coefficient (Wildman–Crippen LogP) is 1.90. The highest BCUT2D eigenvalue weighted by Gasteiger charge is 2.39. The van der Waals surface area contributed by atoms with Gasteiger partial charge < -0.3 is 15.0 Å². The lowest BCUT2D eigenvalue weighted by molar-refractivity contribution is 0.0304. The number of thiazole rings is 1. The molecule has 6 nitrogen and oxygen atoms in total. The average Bonchev–Trinajstić information content (AvgIpc) is 2.93. The highest BCUT2D eigenvalue weighted by molar-refractivity contribution is 7.13. The quantitative estimate of drug-likeness (QED) is 0.902. The number of rotatable bonds is 3. The van der Waals surface area contributed by atoms with E-state index < -0.39 is 0 Å². The number of nitrogens with one attached hydrogen (secondary N) is 1. The molecule has 0 saturated carbocycles. The van der Waals surface area contributed by atoms with Crippen LogP contribution in [0.3, 0.4) is 0 Å². The van der Waals surface area contributed by atoms with Crippen molar-refractivity contribution in [1.82, 2.24) is 14.8 Å². The van der Waals surface area contributed by atoms with E-state index in [-0.39, 0.29) is 5.91 Å². The first-order valence-electron chi connectivity index (χ1n) is 9.00. The van der Waals surface area contributed by atoms with Crippen molar-refractivity contribution in [2.45, 2.75) is 37.8 Å². The number of ether oxygens (including phenoxy) is 1. The first kappa shape index (κ1) is 16.3. The number of nitrogens with zero attached hydrogens (tertiary/aromatic N) is 3. The fourth-order valence-electron chi connectivity index (χ4n) is 4.35. The molecule has 0 unspecified atom stereocenters.